The van der Waals surface area contributed by atoms with Gasteiger partial charge in [-0.2, -0.15) is 4.98 Å². The Balaban J connectivity index is 1.35. The van der Waals surface area contributed by atoms with Gasteiger partial charge in [0.05, 0.1) is 4.88 Å². The standard InChI is InChI=1S/C31H31N5O3S/c1-21(2)19-26-32-29(35-14-8-15-36(17-16-35)31(37)25-13-7-18-40-25)27-28(34-39-30(27)33-26)22-9-6-12-24(20-22)38-23-10-4-3-5-11-23/h3-7,9-13,18,20-21H,8,14-17,19H2,1-2H3. The van der Waals surface area contributed by atoms with Crippen LogP contribution in [0.2, 0.25) is 0 Å². The van der Waals surface area contributed by atoms with Gasteiger partial charge in [0.1, 0.15) is 34.2 Å². The number of fused-ring (bicyclic) bond motifs is 1. The van der Waals surface area contributed by atoms with Crippen LogP contribution >= 0.6 is 11.3 Å². The fourth-order valence-electron chi connectivity index (χ4n) is 4.98. The molecule has 0 unspecified atom stereocenters. The smallest absolute Gasteiger partial charge is 0.263 e. The zero-order valence-electron chi connectivity index (χ0n) is 22.6. The summed E-state index contributed by atoms with van der Waals surface area (Å²) in [6.07, 6.45) is 1.57. The number of carbonyl (C=O) groups excluding carboxylic acids is 1. The van der Waals surface area contributed by atoms with Gasteiger partial charge in [-0.25, -0.2) is 4.98 Å². The number of para-hydroxylation sites is 1. The van der Waals surface area contributed by atoms with Crippen molar-refractivity contribution in [2.24, 2.45) is 5.92 Å². The minimum atomic E-state index is 0.0890. The number of anilines is 1. The van der Waals surface area contributed by atoms with Crippen LogP contribution in [0.15, 0.2) is 76.6 Å². The second-order valence-electron chi connectivity index (χ2n) is 10.3. The Hall–Kier alpha value is -4.24. The number of amides is 1. The third-order valence-corrected chi connectivity index (χ3v) is 7.71. The number of hydrogen-bond acceptors (Lipinski definition) is 8. The van der Waals surface area contributed by atoms with Crippen LogP contribution in [0, 0.1) is 5.92 Å². The molecule has 0 saturated carbocycles. The van der Waals surface area contributed by atoms with Gasteiger partial charge in [-0.1, -0.05) is 55.4 Å². The van der Waals surface area contributed by atoms with Crippen LogP contribution in [0.1, 0.15) is 35.8 Å². The Morgan fingerprint density at radius 1 is 0.975 bits per heavy atom. The molecule has 4 heterocycles. The Morgan fingerprint density at radius 2 is 1.82 bits per heavy atom. The quantitative estimate of drug-likeness (QED) is 0.222. The SMILES string of the molecule is CC(C)Cc1nc(N2CCCN(C(=O)c3cccs3)CC2)c2c(-c3cccc(Oc4ccccc4)c3)noc2n1. The number of carbonyl (C=O) groups is 1. The lowest BCUT2D eigenvalue weighted by Crippen LogP contribution is -2.35. The lowest BCUT2D eigenvalue weighted by molar-refractivity contribution is 0.0772. The molecule has 0 radical (unpaired) electrons. The molecular weight excluding hydrogens is 522 g/mol. The van der Waals surface area contributed by atoms with E-state index in [1.807, 2.05) is 77.0 Å². The van der Waals surface area contributed by atoms with Gasteiger partial charge < -0.3 is 19.1 Å². The summed E-state index contributed by atoms with van der Waals surface area (Å²) in [6.45, 7) is 7.04. The van der Waals surface area contributed by atoms with Gasteiger partial charge in [0.25, 0.3) is 11.6 Å². The van der Waals surface area contributed by atoms with Crippen LogP contribution in [0.4, 0.5) is 5.82 Å². The van der Waals surface area contributed by atoms with Crippen LogP contribution in [0.5, 0.6) is 11.5 Å². The summed E-state index contributed by atoms with van der Waals surface area (Å²) in [5, 5.41) is 7.19. The molecule has 5 aromatic rings. The highest BCUT2D eigenvalue weighted by Crippen LogP contribution is 2.36. The minimum absolute atomic E-state index is 0.0890. The van der Waals surface area contributed by atoms with Gasteiger partial charge >= 0.3 is 0 Å². The first-order chi connectivity index (χ1) is 19.5. The molecule has 40 heavy (non-hydrogen) atoms. The van der Waals surface area contributed by atoms with E-state index in [1.165, 1.54) is 11.3 Å². The van der Waals surface area contributed by atoms with Crippen molar-refractivity contribution < 1.29 is 14.1 Å². The number of nitrogens with zero attached hydrogens (tertiary/aromatic N) is 5. The summed E-state index contributed by atoms with van der Waals surface area (Å²) in [4.78, 5) is 27.8. The molecule has 8 nitrogen and oxygen atoms in total. The molecule has 0 N–H and O–H groups in total. The second-order valence-corrected chi connectivity index (χ2v) is 11.3. The Labute approximate surface area is 237 Å². The largest absolute Gasteiger partial charge is 0.457 e. The lowest BCUT2D eigenvalue weighted by atomic mass is 10.1. The predicted molar refractivity (Wildman–Crippen MR) is 157 cm³/mol. The summed E-state index contributed by atoms with van der Waals surface area (Å²) in [7, 11) is 0. The Morgan fingerprint density at radius 3 is 2.62 bits per heavy atom. The summed E-state index contributed by atoms with van der Waals surface area (Å²) >= 11 is 1.48. The normalized spacial score (nSPS) is 14.1. The highest BCUT2D eigenvalue weighted by molar-refractivity contribution is 7.12. The molecule has 1 aliphatic rings. The maximum atomic E-state index is 13.1. The average Bonchev–Trinajstić information content (AvgIpc) is 3.58. The molecule has 0 spiro atoms. The topological polar surface area (TPSA) is 84.6 Å². The first kappa shape index (κ1) is 26.0. The molecule has 2 aromatic carbocycles. The van der Waals surface area contributed by atoms with E-state index < -0.39 is 0 Å². The summed E-state index contributed by atoms with van der Waals surface area (Å²) in [6, 6.07) is 21.3. The minimum Gasteiger partial charge on any atom is -0.457 e. The van der Waals surface area contributed by atoms with E-state index in [9.17, 15) is 4.79 Å². The monoisotopic (exact) mass is 553 g/mol. The number of thiophene rings is 1. The number of aromatic nitrogens is 3. The molecule has 1 fully saturated rings. The van der Waals surface area contributed by atoms with Gasteiger partial charge in [-0.3, -0.25) is 4.79 Å². The molecule has 6 rings (SSSR count). The van der Waals surface area contributed by atoms with Crippen molar-refractivity contribution in [3.63, 3.8) is 0 Å². The highest BCUT2D eigenvalue weighted by atomic mass is 32.1. The molecular formula is C31H31N5O3S. The Bertz CT molecular complexity index is 1600. The predicted octanol–water partition coefficient (Wildman–Crippen LogP) is 6.69. The number of rotatable bonds is 7. The van der Waals surface area contributed by atoms with Crippen molar-refractivity contribution in [3.05, 3.63) is 82.8 Å². The van der Waals surface area contributed by atoms with Gasteiger partial charge in [-0.15, -0.1) is 11.3 Å². The van der Waals surface area contributed by atoms with E-state index in [0.29, 0.717) is 42.7 Å². The van der Waals surface area contributed by atoms with Crippen LogP contribution in [-0.4, -0.2) is 52.1 Å². The number of ether oxygens (including phenoxy) is 1. The number of hydrogen-bond donors (Lipinski definition) is 0. The zero-order valence-corrected chi connectivity index (χ0v) is 23.4. The van der Waals surface area contributed by atoms with Gasteiger partial charge in [0, 0.05) is 38.2 Å². The maximum absolute atomic E-state index is 13.1. The first-order valence-corrected chi connectivity index (χ1v) is 14.5. The van der Waals surface area contributed by atoms with E-state index in [-0.39, 0.29) is 5.91 Å². The van der Waals surface area contributed by atoms with E-state index in [2.05, 4.69) is 23.9 Å². The summed E-state index contributed by atoms with van der Waals surface area (Å²) < 4.78 is 11.9. The summed E-state index contributed by atoms with van der Waals surface area (Å²) in [5.41, 5.74) is 2.01. The van der Waals surface area contributed by atoms with Crippen molar-refractivity contribution in [2.45, 2.75) is 26.7 Å². The third kappa shape index (κ3) is 5.56. The molecule has 1 saturated heterocycles. The third-order valence-electron chi connectivity index (χ3n) is 6.86. The Kier molecular flexibility index (Phi) is 7.46. The average molecular weight is 554 g/mol. The van der Waals surface area contributed by atoms with Crippen LogP contribution in [-0.2, 0) is 6.42 Å². The van der Waals surface area contributed by atoms with E-state index in [4.69, 9.17) is 19.2 Å². The van der Waals surface area contributed by atoms with Crippen molar-refractivity contribution in [1.82, 2.24) is 20.0 Å². The molecule has 204 valence electrons. The van der Waals surface area contributed by atoms with E-state index >= 15 is 0 Å². The lowest BCUT2D eigenvalue weighted by Gasteiger charge is -2.23. The fourth-order valence-corrected chi connectivity index (χ4v) is 5.67. The van der Waals surface area contributed by atoms with Crippen molar-refractivity contribution in [2.75, 3.05) is 31.1 Å². The second kappa shape index (κ2) is 11.5. The van der Waals surface area contributed by atoms with Crippen molar-refractivity contribution in [3.8, 4) is 22.8 Å². The molecule has 0 atom stereocenters. The number of benzene rings is 2. The van der Waals surface area contributed by atoms with Crippen LogP contribution in [0.25, 0.3) is 22.4 Å². The molecule has 1 amide bonds. The zero-order chi connectivity index (χ0) is 27.5. The molecule has 9 heteroatoms. The van der Waals surface area contributed by atoms with E-state index in [1.54, 1.807) is 0 Å². The molecule has 1 aliphatic heterocycles. The molecule has 0 aliphatic carbocycles. The first-order valence-electron chi connectivity index (χ1n) is 13.6. The van der Waals surface area contributed by atoms with Crippen LogP contribution < -0.4 is 9.64 Å². The fraction of sp³-hybridized carbons (Fsp3) is 0.290. The maximum Gasteiger partial charge on any atom is 0.263 e. The summed E-state index contributed by atoms with van der Waals surface area (Å²) in [5.74, 6) is 3.48. The van der Waals surface area contributed by atoms with Gasteiger partial charge in [-0.05, 0) is 48.1 Å². The van der Waals surface area contributed by atoms with Crippen molar-refractivity contribution >= 4 is 34.2 Å². The van der Waals surface area contributed by atoms with E-state index in [0.717, 1.165) is 52.6 Å². The molecule has 0 bridgehead atoms. The van der Waals surface area contributed by atoms with Gasteiger partial charge in [0.2, 0.25) is 0 Å². The highest BCUT2D eigenvalue weighted by Gasteiger charge is 2.26. The van der Waals surface area contributed by atoms with Gasteiger partial charge in [0.15, 0.2) is 0 Å². The van der Waals surface area contributed by atoms with Crippen molar-refractivity contribution in [1.29, 1.82) is 0 Å². The molecule has 3 aromatic heterocycles. The van der Waals surface area contributed by atoms with Crippen LogP contribution in [0.3, 0.4) is 0 Å².